The molecule has 6 nitrogen and oxygen atoms in total. The first-order valence-electron chi connectivity index (χ1n) is 8.28. The summed E-state index contributed by atoms with van der Waals surface area (Å²) in [6.07, 6.45) is 0. The van der Waals surface area contributed by atoms with Gasteiger partial charge in [0.25, 0.3) is 5.89 Å². The van der Waals surface area contributed by atoms with Crippen LogP contribution >= 0.6 is 0 Å². The molecule has 2 aromatic carbocycles. The molecule has 0 spiro atoms. The van der Waals surface area contributed by atoms with Crippen LogP contribution in [-0.4, -0.2) is 29.0 Å². The maximum atomic E-state index is 5.67. The number of hydrogen-bond acceptors (Lipinski definition) is 5. The summed E-state index contributed by atoms with van der Waals surface area (Å²) in [6.45, 7) is 2.41. The van der Waals surface area contributed by atoms with E-state index in [0.29, 0.717) is 18.3 Å². The Morgan fingerprint density at radius 2 is 1.69 bits per heavy atom. The Kier molecular flexibility index (Phi) is 4.08. The molecule has 0 amide bonds. The Morgan fingerprint density at radius 3 is 2.35 bits per heavy atom. The van der Waals surface area contributed by atoms with Gasteiger partial charge in [0.15, 0.2) is 0 Å². The monoisotopic (exact) mass is 349 g/mol. The smallest absolute Gasteiger partial charge is 0.264 e. The predicted molar refractivity (Wildman–Crippen MR) is 98.6 cm³/mol. The van der Waals surface area contributed by atoms with Gasteiger partial charge in [-0.2, -0.15) is 0 Å². The topological polar surface area (TPSA) is 62.3 Å². The maximum absolute atomic E-state index is 5.67. The predicted octanol–water partition coefficient (Wildman–Crippen LogP) is 4.07. The second-order valence-corrected chi connectivity index (χ2v) is 6.02. The number of rotatable bonds is 5. The second kappa shape index (κ2) is 6.55. The Bertz CT molecular complexity index is 1040. The molecule has 0 unspecified atom stereocenters. The SMILES string of the molecule is COc1cc(Cn2c(-c3nnc(C)o3)cc3ccccc32)cc(OC)c1. The molecule has 2 heterocycles. The highest BCUT2D eigenvalue weighted by Crippen LogP contribution is 2.30. The van der Waals surface area contributed by atoms with E-state index in [1.54, 1.807) is 21.1 Å². The van der Waals surface area contributed by atoms with Gasteiger partial charge in [-0.05, 0) is 29.8 Å². The van der Waals surface area contributed by atoms with Crippen LogP contribution in [0.3, 0.4) is 0 Å². The fourth-order valence-electron chi connectivity index (χ4n) is 3.10. The molecule has 26 heavy (non-hydrogen) atoms. The summed E-state index contributed by atoms with van der Waals surface area (Å²) >= 11 is 0. The summed E-state index contributed by atoms with van der Waals surface area (Å²) in [7, 11) is 3.30. The molecule has 0 aliphatic heterocycles. The quantitative estimate of drug-likeness (QED) is 0.543. The third kappa shape index (κ3) is 2.90. The lowest BCUT2D eigenvalue weighted by molar-refractivity contribution is 0.393. The van der Waals surface area contributed by atoms with Crippen LogP contribution in [0.15, 0.2) is 52.9 Å². The van der Waals surface area contributed by atoms with Gasteiger partial charge < -0.3 is 18.5 Å². The van der Waals surface area contributed by atoms with E-state index in [4.69, 9.17) is 13.9 Å². The third-order valence-corrected chi connectivity index (χ3v) is 4.31. The molecule has 2 aromatic heterocycles. The van der Waals surface area contributed by atoms with E-state index < -0.39 is 0 Å². The first-order chi connectivity index (χ1) is 12.7. The van der Waals surface area contributed by atoms with Gasteiger partial charge >= 0.3 is 0 Å². The van der Waals surface area contributed by atoms with Gasteiger partial charge in [0, 0.05) is 30.4 Å². The second-order valence-electron chi connectivity index (χ2n) is 6.02. The zero-order valence-electron chi connectivity index (χ0n) is 14.9. The molecule has 0 radical (unpaired) electrons. The van der Waals surface area contributed by atoms with Gasteiger partial charge in [-0.15, -0.1) is 10.2 Å². The lowest BCUT2D eigenvalue weighted by Crippen LogP contribution is -2.03. The van der Waals surface area contributed by atoms with E-state index in [2.05, 4.69) is 33.0 Å². The molecular formula is C20H19N3O3. The number of hydrogen-bond donors (Lipinski definition) is 0. The van der Waals surface area contributed by atoms with Crippen LogP contribution in [-0.2, 0) is 6.54 Å². The Labute approximate surface area is 151 Å². The Morgan fingerprint density at radius 1 is 0.962 bits per heavy atom. The first kappa shape index (κ1) is 16.2. The minimum Gasteiger partial charge on any atom is -0.497 e. The van der Waals surface area contributed by atoms with Gasteiger partial charge in [-0.1, -0.05) is 18.2 Å². The number of aryl methyl sites for hydroxylation is 1. The van der Waals surface area contributed by atoms with E-state index in [0.717, 1.165) is 33.7 Å². The highest BCUT2D eigenvalue weighted by atomic mass is 16.5. The zero-order valence-corrected chi connectivity index (χ0v) is 14.9. The van der Waals surface area contributed by atoms with Crippen LogP contribution in [0, 0.1) is 6.92 Å². The molecule has 0 atom stereocenters. The largest absolute Gasteiger partial charge is 0.497 e. The summed E-state index contributed by atoms with van der Waals surface area (Å²) in [5.74, 6) is 2.56. The van der Waals surface area contributed by atoms with E-state index in [9.17, 15) is 0 Å². The highest BCUT2D eigenvalue weighted by Gasteiger charge is 2.16. The van der Waals surface area contributed by atoms with Crippen molar-refractivity contribution in [3.05, 3.63) is 60.0 Å². The van der Waals surface area contributed by atoms with Crippen molar-refractivity contribution >= 4 is 10.9 Å². The molecule has 0 aliphatic carbocycles. The van der Waals surface area contributed by atoms with Gasteiger partial charge in [0.05, 0.1) is 14.2 Å². The molecule has 4 rings (SSSR count). The van der Waals surface area contributed by atoms with Crippen molar-refractivity contribution in [2.24, 2.45) is 0 Å². The fourth-order valence-corrected chi connectivity index (χ4v) is 3.10. The molecule has 4 aromatic rings. The summed E-state index contributed by atoms with van der Waals surface area (Å²) in [5, 5.41) is 9.28. The van der Waals surface area contributed by atoms with Gasteiger partial charge in [0.2, 0.25) is 5.89 Å². The molecule has 132 valence electrons. The maximum Gasteiger partial charge on any atom is 0.264 e. The average Bonchev–Trinajstić information content (AvgIpc) is 3.25. The number of aromatic nitrogens is 3. The minimum absolute atomic E-state index is 0.508. The third-order valence-electron chi connectivity index (χ3n) is 4.31. The number of benzene rings is 2. The van der Waals surface area contributed by atoms with Crippen molar-refractivity contribution in [3.63, 3.8) is 0 Å². The van der Waals surface area contributed by atoms with Crippen LogP contribution < -0.4 is 9.47 Å². The number of methoxy groups -OCH3 is 2. The molecule has 0 fully saturated rings. The molecule has 0 bridgehead atoms. The zero-order chi connectivity index (χ0) is 18.1. The summed E-state index contributed by atoms with van der Waals surface area (Å²) in [6, 6.07) is 16.1. The lowest BCUT2D eigenvalue weighted by atomic mass is 10.2. The number of fused-ring (bicyclic) bond motifs is 1. The Balaban J connectivity index is 1.85. The van der Waals surface area contributed by atoms with Crippen molar-refractivity contribution in [1.29, 1.82) is 0 Å². The van der Waals surface area contributed by atoms with Crippen LogP contribution in [0.25, 0.3) is 22.5 Å². The van der Waals surface area contributed by atoms with Crippen LogP contribution in [0.2, 0.25) is 0 Å². The van der Waals surface area contributed by atoms with Crippen molar-refractivity contribution < 1.29 is 13.9 Å². The normalized spacial score (nSPS) is 11.0. The van der Waals surface area contributed by atoms with Crippen molar-refractivity contribution in [2.45, 2.75) is 13.5 Å². The lowest BCUT2D eigenvalue weighted by Gasteiger charge is -2.12. The fraction of sp³-hybridized carbons (Fsp3) is 0.200. The highest BCUT2D eigenvalue weighted by molar-refractivity contribution is 5.85. The van der Waals surface area contributed by atoms with E-state index in [1.165, 1.54) is 0 Å². The molecule has 0 saturated heterocycles. The van der Waals surface area contributed by atoms with Gasteiger partial charge in [-0.3, -0.25) is 0 Å². The first-order valence-corrected chi connectivity index (χ1v) is 8.28. The molecule has 0 N–H and O–H groups in total. The van der Waals surface area contributed by atoms with E-state index in [-0.39, 0.29) is 0 Å². The van der Waals surface area contributed by atoms with Gasteiger partial charge in [0.1, 0.15) is 17.2 Å². The van der Waals surface area contributed by atoms with Crippen LogP contribution in [0.4, 0.5) is 0 Å². The molecule has 6 heteroatoms. The number of para-hydroxylation sites is 1. The summed E-state index contributed by atoms with van der Waals surface area (Å²) in [4.78, 5) is 0. The average molecular weight is 349 g/mol. The number of nitrogens with zero attached hydrogens (tertiary/aromatic N) is 3. The van der Waals surface area contributed by atoms with Crippen molar-refractivity contribution in [1.82, 2.24) is 14.8 Å². The van der Waals surface area contributed by atoms with Crippen molar-refractivity contribution in [3.8, 4) is 23.1 Å². The van der Waals surface area contributed by atoms with Crippen LogP contribution in [0.1, 0.15) is 11.5 Å². The molecule has 0 aliphatic rings. The summed E-state index contributed by atoms with van der Waals surface area (Å²) < 4.78 is 18.6. The van der Waals surface area contributed by atoms with Crippen LogP contribution in [0.5, 0.6) is 11.5 Å². The Hall–Kier alpha value is -3.28. The van der Waals surface area contributed by atoms with Gasteiger partial charge in [-0.25, -0.2) is 0 Å². The standard InChI is InChI=1S/C20H19N3O3/c1-13-21-22-20(26-13)19-10-15-6-4-5-7-18(15)23(19)12-14-8-16(24-2)11-17(9-14)25-3/h4-11H,12H2,1-3H3. The summed E-state index contributed by atoms with van der Waals surface area (Å²) in [5.41, 5.74) is 3.04. The molecule has 0 saturated carbocycles. The number of ether oxygens (including phenoxy) is 2. The van der Waals surface area contributed by atoms with E-state index >= 15 is 0 Å². The van der Waals surface area contributed by atoms with Crippen molar-refractivity contribution in [2.75, 3.05) is 14.2 Å². The minimum atomic E-state index is 0.508. The molecular weight excluding hydrogens is 330 g/mol. The van der Waals surface area contributed by atoms with E-state index in [1.807, 2.05) is 30.3 Å².